The molecule has 0 aliphatic heterocycles. The first kappa shape index (κ1) is 14.4. The second-order valence-electron chi connectivity index (χ2n) is 3.75. The quantitative estimate of drug-likeness (QED) is 0.622. The molecule has 0 aliphatic carbocycles. The zero-order valence-electron chi connectivity index (χ0n) is 10.3. The molecule has 1 atom stereocenters. The van der Waals surface area contributed by atoms with Gasteiger partial charge in [-0.2, -0.15) is 0 Å². The summed E-state index contributed by atoms with van der Waals surface area (Å²) in [7, 11) is 0. The lowest BCUT2D eigenvalue weighted by molar-refractivity contribution is -0.125. The Morgan fingerprint density at radius 1 is 1.40 bits per heavy atom. The maximum absolute atomic E-state index is 11.6. The molecule has 0 aromatic rings. The van der Waals surface area contributed by atoms with E-state index < -0.39 is 0 Å². The first-order chi connectivity index (χ1) is 7.17. The Morgan fingerprint density at radius 2 is 2.07 bits per heavy atom. The maximum Gasteiger partial charge on any atom is 0.237 e. The fourth-order valence-corrected chi connectivity index (χ4v) is 1.57. The normalized spacial score (nSPS) is 12.9. The summed E-state index contributed by atoms with van der Waals surface area (Å²) in [5.41, 5.74) is 5.48. The predicted molar refractivity (Wildman–Crippen MR) is 63.7 cm³/mol. The van der Waals surface area contributed by atoms with E-state index in [1.807, 2.05) is 13.8 Å². The van der Waals surface area contributed by atoms with E-state index in [1.54, 1.807) is 0 Å². The highest BCUT2D eigenvalue weighted by Gasteiger charge is 2.18. The molecular formula is C11H25N3O. The van der Waals surface area contributed by atoms with E-state index in [9.17, 15) is 4.79 Å². The summed E-state index contributed by atoms with van der Waals surface area (Å²) in [6.07, 6.45) is 2.01. The molecule has 1 amide bonds. The van der Waals surface area contributed by atoms with Crippen LogP contribution in [0, 0.1) is 0 Å². The zero-order chi connectivity index (χ0) is 11.7. The van der Waals surface area contributed by atoms with Crippen molar-refractivity contribution in [2.75, 3.05) is 26.2 Å². The van der Waals surface area contributed by atoms with Gasteiger partial charge in [-0.25, -0.2) is 0 Å². The van der Waals surface area contributed by atoms with Crippen LogP contribution < -0.4 is 11.1 Å². The molecule has 0 heterocycles. The van der Waals surface area contributed by atoms with Gasteiger partial charge in [0, 0.05) is 13.1 Å². The third-order valence-corrected chi connectivity index (χ3v) is 2.44. The van der Waals surface area contributed by atoms with Gasteiger partial charge in [-0.05, 0) is 39.8 Å². The predicted octanol–water partition coefficient (Wildman–Crippen LogP) is 0.572. The van der Waals surface area contributed by atoms with Crippen molar-refractivity contribution >= 4 is 5.91 Å². The highest BCUT2D eigenvalue weighted by Crippen LogP contribution is 2.02. The van der Waals surface area contributed by atoms with E-state index in [4.69, 9.17) is 5.73 Å². The van der Waals surface area contributed by atoms with Crippen LogP contribution in [0.2, 0.25) is 0 Å². The van der Waals surface area contributed by atoms with Crippen molar-refractivity contribution in [3.8, 4) is 0 Å². The summed E-state index contributed by atoms with van der Waals surface area (Å²) in [4.78, 5) is 13.8. The second kappa shape index (κ2) is 8.68. The van der Waals surface area contributed by atoms with E-state index in [0.717, 1.165) is 25.9 Å². The van der Waals surface area contributed by atoms with Gasteiger partial charge in [0.25, 0.3) is 0 Å². The molecule has 3 N–H and O–H groups in total. The zero-order valence-corrected chi connectivity index (χ0v) is 10.3. The van der Waals surface area contributed by atoms with E-state index in [0.29, 0.717) is 13.1 Å². The lowest BCUT2D eigenvalue weighted by atomic mass is 10.2. The first-order valence-corrected chi connectivity index (χ1v) is 5.89. The van der Waals surface area contributed by atoms with Crippen LogP contribution in [-0.2, 0) is 4.79 Å². The van der Waals surface area contributed by atoms with Crippen molar-refractivity contribution in [1.29, 1.82) is 0 Å². The Hall–Kier alpha value is -0.610. The second-order valence-corrected chi connectivity index (χ2v) is 3.75. The molecule has 0 saturated carbocycles. The molecule has 0 spiro atoms. The molecule has 1 unspecified atom stereocenters. The molecule has 0 radical (unpaired) electrons. The van der Waals surface area contributed by atoms with Gasteiger partial charge in [-0.1, -0.05) is 6.92 Å². The molecule has 4 heteroatoms. The molecule has 0 aromatic heterocycles. The summed E-state index contributed by atoms with van der Waals surface area (Å²) < 4.78 is 0. The highest BCUT2D eigenvalue weighted by atomic mass is 16.2. The smallest absolute Gasteiger partial charge is 0.237 e. The minimum atomic E-state index is -0.0450. The minimum Gasteiger partial charge on any atom is -0.355 e. The van der Waals surface area contributed by atoms with Crippen LogP contribution in [0.5, 0.6) is 0 Å². The Bertz CT molecular complexity index is 173. The van der Waals surface area contributed by atoms with Crippen molar-refractivity contribution in [2.24, 2.45) is 5.73 Å². The number of nitrogens with two attached hydrogens (primary N) is 1. The number of carbonyl (C=O) groups is 1. The lowest BCUT2D eigenvalue weighted by Gasteiger charge is -2.27. The SMILES string of the molecule is CCCN(CCCN)C(C)C(=O)NCC. The standard InChI is InChI=1S/C11H25N3O/c1-4-8-14(9-6-7-12)10(3)11(15)13-5-2/h10H,4-9,12H2,1-3H3,(H,13,15). The molecule has 0 aliphatic rings. The van der Waals surface area contributed by atoms with Crippen molar-refractivity contribution in [3.63, 3.8) is 0 Å². The molecule has 15 heavy (non-hydrogen) atoms. The van der Waals surface area contributed by atoms with Gasteiger partial charge < -0.3 is 11.1 Å². The highest BCUT2D eigenvalue weighted by molar-refractivity contribution is 5.81. The summed E-state index contributed by atoms with van der Waals surface area (Å²) in [6.45, 7) is 9.26. The van der Waals surface area contributed by atoms with Gasteiger partial charge in [0.05, 0.1) is 6.04 Å². The molecular weight excluding hydrogens is 190 g/mol. The summed E-state index contributed by atoms with van der Waals surface area (Å²) in [5.74, 6) is 0.114. The van der Waals surface area contributed by atoms with Crippen molar-refractivity contribution in [3.05, 3.63) is 0 Å². The minimum absolute atomic E-state index is 0.0450. The van der Waals surface area contributed by atoms with Crippen LogP contribution in [0.15, 0.2) is 0 Å². The molecule has 90 valence electrons. The van der Waals surface area contributed by atoms with Crippen molar-refractivity contribution < 1.29 is 4.79 Å². The van der Waals surface area contributed by atoms with Gasteiger partial charge in [0.2, 0.25) is 5.91 Å². The first-order valence-electron chi connectivity index (χ1n) is 5.89. The summed E-state index contributed by atoms with van der Waals surface area (Å²) in [5, 5.41) is 2.85. The molecule has 0 aromatic carbocycles. The van der Waals surface area contributed by atoms with E-state index in [2.05, 4.69) is 17.1 Å². The Balaban J connectivity index is 4.13. The number of amides is 1. The molecule has 0 rings (SSSR count). The summed E-state index contributed by atoms with van der Waals surface area (Å²) >= 11 is 0. The Labute approximate surface area is 93.2 Å². The van der Waals surface area contributed by atoms with Crippen LogP contribution >= 0.6 is 0 Å². The fraction of sp³-hybridized carbons (Fsp3) is 0.909. The largest absolute Gasteiger partial charge is 0.355 e. The van der Waals surface area contributed by atoms with E-state index >= 15 is 0 Å². The van der Waals surface area contributed by atoms with Gasteiger partial charge >= 0.3 is 0 Å². The van der Waals surface area contributed by atoms with Gasteiger partial charge in [-0.3, -0.25) is 9.69 Å². The average molecular weight is 215 g/mol. The number of likely N-dealkylation sites (N-methyl/N-ethyl adjacent to an activating group) is 1. The van der Waals surface area contributed by atoms with Gasteiger partial charge in [0.1, 0.15) is 0 Å². The average Bonchev–Trinajstić information content (AvgIpc) is 2.23. The van der Waals surface area contributed by atoms with Gasteiger partial charge in [-0.15, -0.1) is 0 Å². The van der Waals surface area contributed by atoms with Crippen LogP contribution in [0.4, 0.5) is 0 Å². The third kappa shape index (κ3) is 5.74. The summed E-state index contributed by atoms with van der Waals surface area (Å²) in [6, 6.07) is -0.0450. The number of hydrogen-bond acceptors (Lipinski definition) is 3. The van der Waals surface area contributed by atoms with Crippen LogP contribution in [0.1, 0.15) is 33.6 Å². The fourth-order valence-electron chi connectivity index (χ4n) is 1.57. The molecule has 0 saturated heterocycles. The van der Waals surface area contributed by atoms with Crippen molar-refractivity contribution in [1.82, 2.24) is 10.2 Å². The van der Waals surface area contributed by atoms with Crippen LogP contribution in [0.25, 0.3) is 0 Å². The number of nitrogens with zero attached hydrogens (tertiary/aromatic N) is 1. The molecule has 0 bridgehead atoms. The van der Waals surface area contributed by atoms with Gasteiger partial charge in [0.15, 0.2) is 0 Å². The molecule has 0 fully saturated rings. The Kier molecular flexibility index (Phi) is 8.33. The lowest BCUT2D eigenvalue weighted by Crippen LogP contribution is -2.46. The van der Waals surface area contributed by atoms with Crippen molar-refractivity contribution in [2.45, 2.75) is 39.7 Å². The number of hydrogen-bond donors (Lipinski definition) is 2. The maximum atomic E-state index is 11.6. The number of nitrogens with one attached hydrogen (secondary N) is 1. The number of carbonyl (C=O) groups excluding carboxylic acids is 1. The van der Waals surface area contributed by atoms with E-state index in [-0.39, 0.29) is 11.9 Å². The topological polar surface area (TPSA) is 58.4 Å². The number of rotatable bonds is 8. The van der Waals surface area contributed by atoms with Crippen LogP contribution in [-0.4, -0.2) is 43.0 Å². The monoisotopic (exact) mass is 215 g/mol. The van der Waals surface area contributed by atoms with Crippen LogP contribution in [0.3, 0.4) is 0 Å². The molecule has 4 nitrogen and oxygen atoms in total. The third-order valence-electron chi connectivity index (χ3n) is 2.44. The Morgan fingerprint density at radius 3 is 2.53 bits per heavy atom. The van der Waals surface area contributed by atoms with E-state index in [1.165, 1.54) is 0 Å².